The van der Waals surface area contributed by atoms with E-state index >= 15 is 0 Å². The lowest BCUT2D eigenvalue weighted by Gasteiger charge is -2.19. The highest BCUT2D eigenvalue weighted by Crippen LogP contribution is 2.24. The van der Waals surface area contributed by atoms with Crippen LogP contribution in [0.3, 0.4) is 0 Å². The van der Waals surface area contributed by atoms with Crippen LogP contribution in [0.15, 0.2) is 30.5 Å². The minimum atomic E-state index is -3.56. The SMILES string of the molecule is Cc1ccc(CS(=O)(=O)Nc2cnc(N(C)C)nc2N(C)C)cc1. The molecule has 0 bridgehead atoms. The molecule has 0 aliphatic heterocycles. The average molecular weight is 349 g/mol. The lowest BCUT2D eigenvalue weighted by Crippen LogP contribution is -2.21. The minimum absolute atomic E-state index is 0.102. The van der Waals surface area contributed by atoms with Crippen molar-refractivity contribution in [3.63, 3.8) is 0 Å². The maximum atomic E-state index is 12.5. The number of aromatic nitrogens is 2. The molecule has 0 spiro atoms. The second-order valence-corrected chi connectivity index (χ2v) is 7.77. The van der Waals surface area contributed by atoms with Gasteiger partial charge in [0.05, 0.1) is 11.9 Å². The maximum Gasteiger partial charge on any atom is 0.237 e. The Balaban J connectivity index is 2.26. The summed E-state index contributed by atoms with van der Waals surface area (Å²) >= 11 is 0. The molecule has 0 aliphatic rings. The minimum Gasteiger partial charge on any atom is -0.361 e. The van der Waals surface area contributed by atoms with Crippen molar-refractivity contribution in [1.29, 1.82) is 0 Å². The van der Waals surface area contributed by atoms with E-state index < -0.39 is 10.0 Å². The van der Waals surface area contributed by atoms with Crippen LogP contribution >= 0.6 is 0 Å². The van der Waals surface area contributed by atoms with Gasteiger partial charge in [-0.25, -0.2) is 13.4 Å². The normalized spacial score (nSPS) is 11.2. The third-order valence-electron chi connectivity index (χ3n) is 3.32. The largest absolute Gasteiger partial charge is 0.361 e. The van der Waals surface area contributed by atoms with Crippen molar-refractivity contribution in [3.05, 3.63) is 41.6 Å². The van der Waals surface area contributed by atoms with Gasteiger partial charge in [0.25, 0.3) is 0 Å². The van der Waals surface area contributed by atoms with E-state index in [-0.39, 0.29) is 5.75 Å². The molecule has 1 N–H and O–H groups in total. The van der Waals surface area contributed by atoms with E-state index in [0.717, 1.165) is 11.1 Å². The number of sulfonamides is 1. The number of nitrogens with one attached hydrogen (secondary N) is 1. The predicted octanol–water partition coefficient (Wildman–Crippen LogP) is 1.86. The zero-order chi connectivity index (χ0) is 17.9. The smallest absolute Gasteiger partial charge is 0.237 e. The Bertz CT molecular complexity index is 802. The van der Waals surface area contributed by atoms with Crippen LogP contribution in [-0.4, -0.2) is 46.6 Å². The van der Waals surface area contributed by atoms with Gasteiger partial charge in [-0.1, -0.05) is 29.8 Å². The number of hydrogen-bond donors (Lipinski definition) is 1. The van der Waals surface area contributed by atoms with E-state index in [1.807, 2.05) is 45.3 Å². The fraction of sp³-hybridized carbons (Fsp3) is 0.375. The van der Waals surface area contributed by atoms with Crippen molar-refractivity contribution in [2.24, 2.45) is 0 Å². The number of anilines is 3. The third kappa shape index (κ3) is 4.58. The second-order valence-electron chi connectivity index (χ2n) is 6.04. The predicted molar refractivity (Wildman–Crippen MR) is 98.1 cm³/mol. The number of benzene rings is 1. The fourth-order valence-corrected chi connectivity index (χ4v) is 3.28. The maximum absolute atomic E-state index is 12.5. The Morgan fingerprint density at radius 3 is 2.21 bits per heavy atom. The molecule has 130 valence electrons. The number of rotatable bonds is 6. The molecule has 24 heavy (non-hydrogen) atoms. The first-order valence-corrected chi connectivity index (χ1v) is 9.11. The van der Waals surface area contributed by atoms with E-state index in [1.54, 1.807) is 23.9 Å². The molecule has 1 aromatic heterocycles. The van der Waals surface area contributed by atoms with Crippen molar-refractivity contribution < 1.29 is 8.42 Å². The van der Waals surface area contributed by atoms with Gasteiger partial charge in [-0.15, -0.1) is 0 Å². The number of hydrogen-bond acceptors (Lipinski definition) is 6. The Hall–Kier alpha value is -2.35. The van der Waals surface area contributed by atoms with Crippen molar-refractivity contribution in [1.82, 2.24) is 9.97 Å². The lowest BCUT2D eigenvalue weighted by molar-refractivity contribution is 0.600. The topological polar surface area (TPSA) is 78.4 Å². The summed E-state index contributed by atoms with van der Waals surface area (Å²) in [4.78, 5) is 12.1. The highest BCUT2D eigenvalue weighted by molar-refractivity contribution is 7.91. The first kappa shape index (κ1) is 18.0. The monoisotopic (exact) mass is 349 g/mol. The molecule has 0 aliphatic carbocycles. The van der Waals surface area contributed by atoms with Gasteiger partial charge in [0, 0.05) is 28.2 Å². The summed E-state index contributed by atoms with van der Waals surface area (Å²) in [6.45, 7) is 1.96. The molecule has 2 rings (SSSR count). The Morgan fingerprint density at radius 2 is 1.67 bits per heavy atom. The molecule has 0 saturated carbocycles. The molecular formula is C16H23N5O2S. The van der Waals surface area contributed by atoms with Crippen molar-refractivity contribution in [2.45, 2.75) is 12.7 Å². The van der Waals surface area contributed by atoms with E-state index in [9.17, 15) is 8.42 Å². The molecule has 7 nitrogen and oxygen atoms in total. The quantitative estimate of drug-likeness (QED) is 0.858. The molecular weight excluding hydrogens is 326 g/mol. The molecule has 0 amide bonds. The van der Waals surface area contributed by atoms with Gasteiger partial charge in [0.15, 0.2) is 5.82 Å². The van der Waals surface area contributed by atoms with Gasteiger partial charge in [-0.2, -0.15) is 4.98 Å². The summed E-state index contributed by atoms with van der Waals surface area (Å²) in [5, 5.41) is 0. The van der Waals surface area contributed by atoms with Crippen LogP contribution in [0.4, 0.5) is 17.5 Å². The van der Waals surface area contributed by atoms with E-state index in [2.05, 4.69) is 14.7 Å². The Labute approximate surface area is 143 Å². The van der Waals surface area contributed by atoms with Gasteiger partial charge in [-0.05, 0) is 12.5 Å². The van der Waals surface area contributed by atoms with Crippen LogP contribution in [0.25, 0.3) is 0 Å². The second kappa shape index (κ2) is 7.04. The average Bonchev–Trinajstić information content (AvgIpc) is 2.49. The lowest BCUT2D eigenvalue weighted by atomic mass is 10.2. The van der Waals surface area contributed by atoms with Crippen molar-refractivity contribution in [2.75, 3.05) is 42.7 Å². The zero-order valence-corrected chi connectivity index (χ0v) is 15.4. The first-order valence-electron chi connectivity index (χ1n) is 7.45. The van der Waals surface area contributed by atoms with Crippen LogP contribution in [0.1, 0.15) is 11.1 Å². The molecule has 0 saturated heterocycles. The highest BCUT2D eigenvalue weighted by atomic mass is 32.2. The summed E-state index contributed by atoms with van der Waals surface area (Å²) in [6.07, 6.45) is 1.49. The fourth-order valence-electron chi connectivity index (χ4n) is 2.10. The molecule has 2 aromatic rings. The van der Waals surface area contributed by atoms with E-state index in [1.165, 1.54) is 6.20 Å². The first-order chi connectivity index (χ1) is 11.2. The number of aryl methyl sites for hydroxylation is 1. The van der Waals surface area contributed by atoms with E-state index in [4.69, 9.17) is 0 Å². The van der Waals surface area contributed by atoms with Crippen LogP contribution < -0.4 is 14.5 Å². The number of nitrogens with zero attached hydrogens (tertiary/aromatic N) is 4. The molecule has 8 heteroatoms. The molecule has 0 unspecified atom stereocenters. The van der Waals surface area contributed by atoms with E-state index in [0.29, 0.717) is 17.5 Å². The molecule has 1 heterocycles. The van der Waals surface area contributed by atoms with Gasteiger partial charge >= 0.3 is 0 Å². The van der Waals surface area contributed by atoms with Crippen LogP contribution in [-0.2, 0) is 15.8 Å². The summed E-state index contributed by atoms with van der Waals surface area (Å²) in [5.41, 5.74) is 2.18. The van der Waals surface area contributed by atoms with Crippen LogP contribution in [0, 0.1) is 6.92 Å². The third-order valence-corrected chi connectivity index (χ3v) is 4.57. The highest BCUT2D eigenvalue weighted by Gasteiger charge is 2.17. The van der Waals surface area contributed by atoms with Crippen molar-refractivity contribution in [3.8, 4) is 0 Å². The summed E-state index contributed by atoms with van der Waals surface area (Å²) in [6, 6.07) is 7.41. The summed E-state index contributed by atoms with van der Waals surface area (Å²) in [7, 11) is 3.71. The standard InChI is InChI=1S/C16H23N5O2S/c1-12-6-8-13(9-7-12)11-24(22,23)19-14-10-17-16(21(4)5)18-15(14)20(2)3/h6-10,19H,11H2,1-5H3. The molecule has 0 fully saturated rings. The Kier molecular flexibility index (Phi) is 5.28. The molecule has 0 atom stereocenters. The van der Waals surface area contributed by atoms with Gasteiger partial charge in [-0.3, -0.25) is 4.72 Å². The van der Waals surface area contributed by atoms with Crippen LogP contribution in [0.5, 0.6) is 0 Å². The van der Waals surface area contributed by atoms with Crippen molar-refractivity contribution >= 4 is 27.5 Å². The van der Waals surface area contributed by atoms with Gasteiger partial charge in [0.1, 0.15) is 5.69 Å². The zero-order valence-electron chi connectivity index (χ0n) is 14.6. The summed E-state index contributed by atoms with van der Waals surface area (Å²) in [5.74, 6) is 0.927. The Morgan fingerprint density at radius 1 is 1.04 bits per heavy atom. The van der Waals surface area contributed by atoms with Gasteiger partial charge in [0.2, 0.25) is 16.0 Å². The van der Waals surface area contributed by atoms with Crippen LogP contribution in [0.2, 0.25) is 0 Å². The van der Waals surface area contributed by atoms with Gasteiger partial charge < -0.3 is 9.80 Å². The molecule has 1 aromatic carbocycles. The molecule has 0 radical (unpaired) electrons. The summed E-state index contributed by atoms with van der Waals surface area (Å²) < 4.78 is 27.5.